The number of ether oxygens (including phenoxy) is 1. The first-order valence-corrected chi connectivity index (χ1v) is 10.6. The van der Waals surface area contributed by atoms with Crippen molar-refractivity contribution in [2.45, 2.75) is 4.90 Å². The van der Waals surface area contributed by atoms with Gasteiger partial charge in [0, 0.05) is 5.69 Å². The van der Waals surface area contributed by atoms with Crippen LogP contribution < -0.4 is 14.8 Å². The predicted octanol–water partition coefficient (Wildman–Crippen LogP) is 4.95. The standard InChI is InChI=1S/C20H16Cl2N2O4S/c1-23-29(26,27)15-10-11-17(21)16(12-15)20(25)24-13-6-8-14(9-7-13)28-19-5-3-2-4-18(19)22/h2-12,23H,1H3,(H,24,25). The first-order valence-electron chi connectivity index (χ1n) is 8.37. The van der Waals surface area contributed by atoms with E-state index in [4.69, 9.17) is 27.9 Å². The van der Waals surface area contributed by atoms with E-state index >= 15 is 0 Å². The number of sulfonamides is 1. The lowest BCUT2D eigenvalue weighted by Crippen LogP contribution is -2.20. The van der Waals surface area contributed by atoms with Crippen LogP contribution in [0.1, 0.15) is 10.4 Å². The van der Waals surface area contributed by atoms with Crippen molar-refractivity contribution < 1.29 is 17.9 Å². The molecule has 0 radical (unpaired) electrons. The summed E-state index contributed by atoms with van der Waals surface area (Å²) in [4.78, 5) is 12.5. The molecule has 0 heterocycles. The Morgan fingerprint density at radius 1 is 0.931 bits per heavy atom. The van der Waals surface area contributed by atoms with Gasteiger partial charge in [-0.1, -0.05) is 35.3 Å². The maximum Gasteiger partial charge on any atom is 0.257 e. The third-order valence-corrected chi connectivity index (χ3v) is 5.99. The molecule has 150 valence electrons. The van der Waals surface area contributed by atoms with Gasteiger partial charge in [-0.2, -0.15) is 0 Å². The average Bonchev–Trinajstić information content (AvgIpc) is 2.71. The Balaban J connectivity index is 1.76. The number of carbonyl (C=O) groups is 1. The number of amides is 1. The van der Waals surface area contributed by atoms with E-state index in [1.165, 1.54) is 25.2 Å². The molecule has 1 amide bonds. The minimum Gasteiger partial charge on any atom is -0.456 e. The van der Waals surface area contributed by atoms with Gasteiger partial charge in [0.25, 0.3) is 5.91 Å². The Bertz CT molecular complexity index is 1150. The van der Waals surface area contributed by atoms with Crippen LogP contribution in [0.25, 0.3) is 0 Å². The molecule has 0 aliphatic rings. The molecule has 0 saturated heterocycles. The number of halogens is 2. The van der Waals surface area contributed by atoms with Gasteiger partial charge in [0.1, 0.15) is 11.5 Å². The van der Waals surface area contributed by atoms with E-state index in [0.717, 1.165) is 0 Å². The van der Waals surface area contributed by atoms with Crippen LogP contribution in [0.4, 0.5) is 5.69 Å². The highest BCUT2D eigenvalue weighted by Crippen LogP contribution is 2.29. The topological polar surface area (TPSA) is 84.5 Å². The number of nitrogens with one attached hydrogen (secondary N) is 2. The average molecular weight is 451 g/mol. The van der Waals surface area contributed by atoms with Gasteiger partial charge in [-0.05, 0) is 61.6 Å². The van der Waals surface area contributed by atoms with Crippen molar-refractivity contribution in [3.05, 3.63) is 82.3 Å². The molecule has 6 nitrogen and oxygen atoms in total. The minimum atomic E-state index is -3.70. The largest absolute Gasteiger partial charge is 0.456 e. The highest BCUT2D eigenvalue weighted by atomic mass is 35.5. The summed E-state index contributed by atoms with van der Waals surface area (Å²) in [6, 6.07) is 17.6. The van der Waals surface area contributed by atoms with E-state index < -0.39 is 15.9 Å². The van der Waals surface area contributed by atoms with Crippen molar-refractivity contribution in [2.24, 2.45) is 0 Å². The molecule has 0 saturated carbocycles. The van der Waals surface area contributed by atoms with Gasteiger partial charge in [-0.3, -0.25) is 4.79 Å². The van der Waals surface area contributed by atoms with E-state index in [1.54, 1.807) is 42.5 Å². The highest BCUT2D eigenvalue weighted by Gasteiger charge is 2.17. The second-order valence-corrected chi connectivity index (χ2v) is 8.56. The fraction of sp³-hybridized carbons (Fsp3) is 0.0500. The van der Waals surface area contributed by atoms with Crippen molar-refractivity contribution in [3.63, 3.8) is 0 Å². The molecule has 3 aromatic rings. The Kier molecular flexibility index (Phi) is 6.44. The van der Waals surface area contributed by atoms with Gasteiger partial charge in [-0.15, -0.1) is 0 Å². The molecule has 29 heavy (non-hydrogen) atoms. The molecule has 0 fully saturated rings. The SMILES string of the molecule is CNS(=O)(=O)c1ccc(Cl)c(C(=O)Nc2ccc(Oc3ccccc3Cl)cc2)c1. The third kappa shape index (κ3) is 5.07. The fourth-order valence-electron chi connectivity index (χ4n) is 2.42. The van der Waals surface area contributed by atoms with Crippen molar-refractivity contribution in [2.75, 3.05) is 12.4 Å². The summed E-state index contributed by atoms with van der Waals surface area (Å²) < 4.78 is 31.8. The molecular weight excluding hydrogens is 435 g/mol. The molecule has 3 rings (SSSR count). The van der Waals surface area contributed by atoms with E-state index in [2.05, 4.69) is 10.0 Å². The lowest BCUT2D eigenvalue weighted by molar-refractivity contribution is 0.102. The molecule has 0 aromatic heterocycles. The second-order valence-electron chi connectivity index (χ2n) is 5.86. The number of hydrogen-bond acceptors (Lipinski definition) is 4. The van der Waals surface area contributed by atoms with Gasteiger partial charge < -0.3 is 10.1 Å². The van der Waals surface area contributed by atoms with Crippen molar-refractivity contribution >= 4 is 44.8 Å². The number of carbonyl (C=O) groups excluding carboxylic acids is 1. The summed E-state index contributed by atoms with van der Waals surface area (Å²) in [7, 11) is -2.41. The van der Waals surface area contributed by atoms with E-state index in [9.17, 15) is 13.2 Å². The van der Waals surface area contributed by atoms with E-state index in [1.807, 2.05) is 6.07 Å². The lowest BCUT2D eigenvalue weighted by Gasteiger charge is -2.11. The molecule has 0 aliphatic heterocycles. The third-order valence-electron chi connectivity index (χ3n) is 3.94. The summed E-state index contributed by atoms with van der Waals surface area (Å²) >= 11 is 12.1. The first kappa shape index (κ1) is 21.1. The van der Waals surface area contributed by atoms with E-state index in [-0.39, 0.29) is 15.5 Å². The number of anilines is 1. The second kappa shape index (κ2) is 8.84. The molecule has 2 N–H and O–H groups in total. The van der Waals surface area contributed by atoms with Crippen LogP contribution in [0.3, 0.4) is 0 Å². The van der Waals surface area contributed by atoms with Gasteiger partial charge in [0.15, 0.2) is 0 Å². The monoisotopic (exact) mass is 450 g/mol. The summed E-state index contributed by atoms with van der Waals surface area (Å²) in [6.07, 6.45) is 0. The molecule has 3 aromatic carbocycles. The molecule has 0 unspecified atom stereocenters. The molecule has 0 aliphatic carbocycles. The van der Waals surface area contributed by atoms with Crippen LogP contribution in [0.2, 0.25) is 10.0 Å². The minimum absolute atomic E-state index is 0.0411. The van der Waals surface area contributed by atoms with Gasteiger partial charge in [0.05, 0.1) is 20.5 Å². The fourth-order valence-corrected chi connectivity index (χ4v) is 3.56. The maximum atomic E-state index is 12.6. The normalized spacial score (nSPS) is 11.1. The Hall–Kier alpha value is -2.58. The Morgan fingerprint density at radius 3 is 2.28 bits per heavy atom. The smallest absolute Gasteiger partial charge is 0.257 e. The van der Waals surface area contributed by atoms with Crippen LogP contribution in [0.15, 0.2) is 71.6 Å². The van der Waals surface area contributed by atoms with E-state index in [0.29, 0.717) is 22.2 Å². The van der Waals surface area contributed by atoms with Crippen molar-refractivity contribution in [1.82, 2.24) is 4.72 Å². The summed E-state index contributed by atoms with van der Waals surface area (Å²) in [5.41, 5.74) is 0.527. The molecular formula is C20H16Cl2N2O4S. The van der Waals surface area contributed by atoms with Gasteiger partial charge in [-0.25, -0.2) is 13.1 Å². The summed E-state index contributed by atoms with van der Waals surface area (Å²) in [5, 5.41) is 3.30. The van der Waals surface area contributed by atoms with Crippen LogP contribution >= 0.6 is 23.2 Å². The zero-order valence-electron chi connectivity index (χ0n) is 15.1. The number of para-hydroxylation sites is 1. The van der Waals surface area contributed by atoms with Crippen LogP contribution in [0, 0.1) is 0 Å². The van der Waals surface area contributed by atoms with Crippen LogP contribution in [0.5, 0.6) is 11.5 Å². The first-order chi connectivity index (χ1) is 13.8. The zero-order valence-corrected chi connectivity index (χ0v) is 17.5. The van der Waals surface area contributed by atoms with Crippen LogP contribution in [-0.2, 0) is 10.0 Å². The van der Waals surface area contributed by atoms with Gasteiger partial charge in [0.2, 0.25) is 10.0 Å². The number of benzene rings is 3. The molecule has 0 spiro atoms. The molecule has 9 heteroatoms. The Labute approximate surface area is 178 Å². The highest BCUT2D eigenvalue weighted by molar-refractivity contribution is 7.89. The number of rotatable bonds is 6. The quantitative estimate of drug-likeness (QED) is 0.556. The van der Waals surface area contributed by atoms with Crippen molar-refractivity contribution in [1.29, 1.82) is 0 Å². The lowest BCUT2D eigenvalue weighted by atomic mass is 10.2. The zero-order chi connectivity index (χ0) is 21.0. The Morgan fingerprint density at radius 2 is 1.62 bits per heavy atom. The molecule has 0 atom stereocenters. The van der Waals surface area contributed by atoms with Crippen LogP contribution in [-0.4, -0.2) is 21.4 Å². The number of hydrogen-bond donors (Lipinski definition) is 2. The predicted molar refractivity (Wildman–Crippen MR) is 114 cm³/mol. The van der Waals surface area contributed by atoms with Crippen molar-refractivity contribution in [3.8, 4) is 11.5 Å². The maximum absolute atomic E-state index is 12.6. The summed E-state index contributed by atoms with van der Waals surface area (Å²) in [5.74, 6) is 0.513. The van der Waals surface area contributed by atoms with Gasteiger partial charge >= 0.3 is 0 Å². The summed E-state index contributed by atoms with van der Waals surface area (Å²) in [6.45, 7) is 0. The molecule has 0 bridgehead atoms.